The Balaban J connectivity index is 1.32. The number of hydrogen-bond donors (Lipinski definition) is 2. The first-order chi connectivity index (χ1) is 16.6. The molecule has 0 aliphatic carbocycles. The molecule has 8 nitrogen and oxygen atoms in total. The first kappa shape index (κ1) is 24.8. The number of nitrogens with two attached hydrogens (primary N) is 1. The maximum Gasteiger partial charge on any atom is 0.417 e. The molecule has 186 valence electrons. The average molecular weight is 511 g/mol. The maximum atomic E-state index is 14.4. The molecule has 0 unspecified atom stereocenters. The van der Waals surface area contributed by atoms with Gasteiger partial charge in [-0.15, -0.1) is 0 Å². The van der Waals surface area contributed by atoms with Crippen molar-refractivity contribution in [2.45, 2.75) is 17.7 Å². The molecule has 2 aliphatic rings. The Labute approximate surface area is 203 Å². The molecule has 4 rings (SSSR count). The zero-order valence-corrected chi connectivity index (χ0v) is 19.5. The summed E-state index contributed by atoms with van der Waals surface area (Å²) in [5, 5.41) is 8.08. The third-order valence-corrected chi connectivity index (χ3v) is 6.29. The molecule has 2 aromatic heterocycles. The van der Waals surface area contributed by atoms with Crippen LogP contribution in [-0.2, 0) is 17.5 Å². The van der Waals surface area contributed by atoms with Gasteiger partial charge in [-0.05, 0) is 35.2 Å². The van der Waals surface area contributed by atoms with Crippen LogP contribution in [0.1, 0.15) is 17.0 Å². The van der Waals surface area contributed by atoms with E-state index in [-0.39, 0.29) is 23.7 Å². The maximum absolute atomic E-state index is 14.4. The van der Waals surface area contributed by atoms with Crippen LogP contribution in [0.3, 0.4) is 0 Å². The van der Waals surface area contributed by atoms with Gasteiger partial charge in [0.15, 0.2) is 5.82 Å². The molecular weight excluding hydrogens is 488 g/mol. The van der Waals surface area contributed by atoms with E-state index in [0.29, 0.717) is 43.0 Å². The van der Waals surface area contributed by atoms with Crippen molar-refractivity contribution in [2.24, 2.45) is 5.14 Å². The lowest BCUT2D eigenvalue weighted by atomic mass is 10.2. The van der Waals surface area contributed by atoms with Crippen LogP contribution in [-0.4, -0.2) is 59.1 Å². The van der Waals surface area contributed by atoms with E-state index in [1.165, 1.54) is 24.2 Å². The predicted octanol–water partition coefficient (Wildman–Crippen LogP) is 3.88. The molecule has 3 N–H and O–H groups in total. The summed E-state index contributed by atoms with van der Waals surface area (Å²) >= 11 is 0.902. The van der Waals surface area contributed by atoms with Crippen molar-refractivity contribution < 1.29 is 27.1 Å². The van der Waals surface area contributed by atoms with E-state index in [9.17, 15) is 22.4 Å². The third-order valence-electron chi connectivity index (χ3n) is 5.79. The molecule has 0 bridgehead atoms. The number of anilines is 1. The highest BCUT2D eigenvalue weighted by molar-refractivity contribution is 7.97. The van der Waals surface area contributed by atoms with Crippen LogP contribution in [0.5, 0.6) is 0 Å². The number of hydrogen-bond acceptors (Lipinski definition) is 8. The van der Waals surface area contributed by atoms with Crippen LogP contribution in [0, 0.1) is 5.82 Å². The molecule has 0 saturated carbocycles. The van der Waals surface area contributed by atoms with Crippen molar-refractivity contribution in [3.8, 4) is 0 Å². The number of pyridine rings is 2. The molecule has 0 saturated heterocycles. The van der Waals surface area contributed by atoms with Crippen LogP contribution in [0.2, 0.25) is 0 Å². The number of carbonyl (C=O) groups excluding carboxylic acids is 1. The molecule has 1 amide bonds. The van der Waals surface area contributed by atoms with Gasteiger partial charge in [-0.3, -0.25) is 15.1 Å². The number of carbonyl (C=O) groups is 1. The third kappa shape index (κ3) is 5.20. The number of halogens is 4. The first-order valence-corrected chi connectivity index (χ1v) is 11.3. The fourth-order valence-electron chi connectivity index (χ4n) is 3.95. The smallest absolute Gasteiger partial charge is 0.417 e. The summed E-state index contributed by atoms with van der Waals surface area (Å²) < 4.78 is 58.4. The molecule has 35 heavy (non-hydrogen) atoms. The molecule has 13 heteroatoms. The molecular formula is C22H22F4N6O2S. The summed E-state index contributed by atoms with van der Waals surface area (Å²) in [6, 6.07) is 2.22. The van der Waals surface area contributed by atoms with E-state index in [4.69, 9.17) is 9.88 Å². The van der Waals surface area contributed by atoms with Gasteiger partial charge < -0.3 is 19.9 Å². The Kier molecular flexibility index (Phi) is 6.90. The van der Waals surface area contributed by atoms with E-state index in [0.717, 1.165) is 29.2 Å². The fourth-order valence-corrected chi connectivity index (χ4v) is 4.23. The van der Waals surface area contributed by atoms with Gasteiger partial charge in [-0.2, -0.15) is 13.2 Å². The molecule has 0 fully saturated rings. The number of nitrogens with one attached hydrogen (secondary N) is 1. The second kappa shape index (κ2) is 9.74. The molecule has 0 spiro atoms. The highest BCUT2D eigenvalue weighted by Gasteiger charge is 2.35. The first-order valence-electron chi connectivity index (χ1n) is 10.4. The van der Waals surface area contributed by atoms with E-state index < -0.39 is 23.7 Å². The van der Waals surface area contributed by atoms with Crippen molar-refractivity contribution in [1.29, 1.82) is 0 Å². The lowest BCUT2D eigenvalue weighted by Crippen LogP contribution is -2.34. The van der Waals surface area contributed by atoms with Gasteiger partial charge in [-0.1, -0.05) is 6.58 Å². The Hall–Kier alpha value is -3.32. The van der Waals surface area contributed by atoms with Gasteiger partial charge in [0, 0.05) is 50.5 Å². The van der Waals surface area contributed by atoms with Gasteiger partial charge in [0.05, 0.1) is 16.9 Å². The molecule has 4 heterocycles. The van der Waals surface area contributed by atoms with Gasteiger partial charge in [0.25, 0.3) is 0 Å². The van der Waals surface area contributed by atoms with Gasteiger partial charge >= 0.3 is 12.3 Å². The standard InChI is InChI=1S/C22H22F4N6O2S/c1-12(20-17(23)4-16(35-27)6-30-20)31-7-13-9-32(10-14(13)8-31)21(33)34-11-19-18(28-2)3-15(5-29-19)22(24,25)26/h3-6,28H,1,7-11,27H2,2H3. The number of nitrogens with zero attached hydrogens (tertiary/aromatic N) is 4. The summed E-state index contributed by atoms with van der Waals surface area (Å²) in [5.41, 5.74) is 2.00. The predicted molar refractivity (Wildman–Crippen MR) is 122 cm³/mol. The van der Waals surface area contributed by atoms with E-state index in [2.05, 4.69) is 21.9 Å². The Morgan fingerprint density at radius 2 is 1.83 bits per heavy atom. The number of amides is 1. The molecule has 0 aromatic carbocycles. The van der Waals surface area contributed by atoms with Crippen LogP contribution < -0.4 is 10.5 Å². The summed E-state index contributed by atoms with van der Waals surface area (Å²) in [6.45, 7) is 5.29. The van der Waals surface area contributed by atoms with Crippen molar-refractivity contribution >= 4 is 29.4 Å². The Morgan fingerprint density at radius 3 is 2.40 bits per heavy atom. The fraction of sp³-hybridized carbons (Fsp3) is 0.318. The quantitative estimate of drug-likeness (QED) is 0.344. The van der Waals surface area contributed by atoms with E-state index in [1.54, 1.807) is 0 Å². The largest absolute Gasteiger partial charge is 0.443 e. The zero-order chi connectivity index (χ0) is 25.3. The second-order valence-corrected chi connectivity index (χ2v) is 8.71. The molecule has 2 aromatic rings. The van der Waals surface area contributed by atoms with Gasteiger partial charge in [-0.25, -0.2) is 9.18 Å². The molecule has 2 aliphatic heterocycles. The van der Waals surface area contributed by atoms with E-state index in [1.807, 2.05) is 4.90 Å². The zero-order valence-electron chi connectivity index (χ0n) is 18.7. The monoisotopic (exact) mass is 510 g/mol. The van der Waals surface area contributed by atoms with Crippen molar-refractivity contribution in [3.05, 3.63) is 65.0 Å². The Morgan fingerprint density at radius 1 is 1.17 bits per heavy atom. The van der Waals surface area contributed by atoms with Crippen LogP contribution >= 0.6 is 11.9 Å². The highest BCUT2D eigenvalue weighted by Crippen LogP contribution is 2.33. The number of alkyl halides is 3. The van der Waals surface area contributed by atoms with Gasteiger partial charge in [0.1, 0.15) is 18.0 Å². The summed E-state index contributed by atoms with van der Waals surface area (Å²) in [4.78, 5) is 24.4. The topological polar surface area (TPSA) is 96.6 Å². The molecule has 0 atom stereocenters. The second-order valence-electron chi connectivity index (χ2n) is 8.01. The van der Waals surface area contributed by atoms with Crippen LogP contribution in [0.25, 0.3) is 5.70 Å². The lowest BCUT2D eigenvalue weighted by Gasteiger charge is -2.25. The summed E-state index contributed by atoms with van der Waals surface area (Å²) in [5.74, 6) is -0.513. The summed E-state index contributed by atoms with van der Waals surface area (Å²) in [6.07, 6.45) is -2.94. The van der Waals surface area contributed by atoms with Crippen LogP contribution in [0.4, 0.5) is 28.0 Å². The lowest BCUT2D eigenvalue weighted by molar-refractivity contribution is -0.137. The number of ether oxygens (including phenoxy) is 1. The van der Waals surface area contributed by atoms with Crippen molar-refractivity contribution in [1.82, 2.24) is 19.8 Å². The highest BCUT2D eigenvalue weighted by atomic mass is 32.2. The van der Waals surface area contributed by atoms with Crippen molar-refractivity contribution in [3.63, 3.8) is 0 Å². The van der Waals surface area contributed by atoms with Crippen molar-refractivity contribution in [2.75, 3.05) is 38.5 Å². The minimum absolute atomic E-state index is 0.128. The van der Waals surface area contributed by atoms with Gasteiger partial charge in [0.2, 0.25) is 0 Å². The normalized spacial score (nSPS) is 15.5. The Bertz CT molecular complexity index is 1180. The minimum Gasteiger partial charge on any atom is -0.443 e. The average Bonchev–Trinajstić information content (AvgIpc) is 3.41. The SMILES string of the molecule is C=C(c1ncc(SN)cc1F)N1CC2=C(C1)CN(C(=O)OCc1ncc(C(F)(F)F)cc1NC)C2. The summed E-state index contributed by atoms with van der Waals surface area (Å²) in [7, 11) is 1.46. The van der Waals surface area contributed by atoms with Crippen LogP contribution in [0.15, 0.2) is 47.1 Å². The van der Waals surface area contributed by atoms with E-state index >= 15 is 0 Å². The minimum atomic E-state index is -4.52. The number of rotatable bonds is 6. The molecule has 0 radical (unpaired) electrons. The number of aromatic nitrogens is 2.